The fourth-order valence-corrected chi connectivity index (χ4v) is 1.97. The third-order valence-electron chi connectivity index (χ3n) is 2.98. The fourth-order valence-electron chi connectivity index (χ4n) is 1.97. The number of ether oxygens (including phenoxy) is 1. The van der Waals surface area contributed by atoms with Crippen molar-refractivity contribution in [3.05, 3.63) is 35.9 Å². The van der Waals surface area contributed by atoms with Gasteiger partial charge in [-0.2, -0.15) is 0 Å². The average molecular weight is 306 g/mol. The number of likely N-dealkylation sites (N-methyl/N-ethyl adjacent to an activating group) is 1. The number of carbonyl (C=O) groups excluding carboxylic acids is 3. The van der Waals surface area contributed by atoms with E-state index >= 15 is 0 Å². The molecule has 0 radical (unpaired) electrons. The zero-order chi connectivity index (χ0) is 16.5. The van der Waals surface area contributed by atoms with Crippen molar-refractivity contribution in [2.45, 2.75) is 39.3 Å². The summed E-state index contributed by atoms with van der Waals surface area (Å²) in [5.74, 6) is -1.12. The van der Waals surface area contributed by atoms with Gasteiger partial charge in [0.1, 0.15) is 0 Å². The third kappa shape index (κ3) is 5.95. The van der Waals surface area contributed by atoms with Crippen LogP contribution in [0.15, 0.2) is 30.3 Å². The SMILES string of the molecule is CCNC(=O)[C@@H](C)OC(=O)C[C@@H](NC(C)=O)c1ccccc1. The monoisotopic (exact) mass is 306 g/mol. The van der Waals surface area contributed by atoms with Crippen molar-refractivity contribution in [2.75, 3.05) is 6.54 Å². The Bertz CT molecular complexity index is 516. The summed E-state index contributed by atoms with van der Waals surface area (Å²) in [6.45, 7) is 5.16. The lowest BCUT2D eigenvalue weighted by molar-refractivity contribution is -0.155. The molecular weight excluding hydrogens is 284 g/mol. The largest absolute Gasteiger partial charge is 0.452 e. The maximum atomic E-state index is 12.0. The lowest BCUT2D eigenvalue weighted by atomic mass is 10.0. The summed E-state index contributed by atoms with van der Waals surface area (Å²) in [6, 6.07) is 8.67. The van der Waals surface area contributed by atoms with Crippen LogP contribution in [-0.2, 0) is 19.1 Å². The Balaban J connectivity index is 2.67. The Morgan fingerprint density at radius 2 is 1.82 bits per heavy atom. The van der Waals surface area contributed by atoms with E-state index in [1.165, 1.54) is 13.8 Å². The number of amides is 2. The van der Waals surface area contributed by atoms with Crippen molar-refractivity contribution >= 4 is 17.8 Å². The number of hydrogen-bond donors (Lipinski definition) is 2. The van der Waals surface area contributed by atoms with Gasteiger partial charge in [-0.1, -0.05) is 30.3 Å². The van der Waals surface area contributed by atoms with E-state index in [1.807, 2.05) is 30.3 Å². The van der Waals surface area contributed by atoms with E-state index < -0.39 is 18.1 Å². The van der Waals surface area contributed by atoms with Crippen LogP contribution in [-0.4, -0.2) is 30.4 Å². The summed E-state index contributed by atoms with van der Waals surface area (Å²) in [5.41, 5.74) is 0.806. The van der Waals surface area contributed by atoms with Gasteiger partial charge in [0.2, 0.25) is 5.91 Å². The van der Waals surface area contributed by atoms with Crippen LogP contribution in [0.25, 0.3) is 0 Å². The van der Waals surface area contributed by atoms with Crippen molar-refractivity contribution in [3.63, 3.8) is 0 Å². The molecule has 0 saturated heterocycles. The summed E-state index contributed by atoms with van der Waals surface area (Å²) in [5, 5.41) is 5.30. The lowest BCUT2D eigenvalue weighted by Gasteiger charge is -2.19. The topological polar surface area (TPSA) is 84.5 Å². The van der Waals surface area contributed by atoms with E-state index in [2.05, 4.69) is 10.6 Å². The standard InChI is InChI=1S/C16H22N2O4/c1-4-17-16(21)11(2)22-15(20)10-14(18-12(3)19)13-8-6-5-7-9-13/h5-9,11,14H,4,10H2,1-3H3,(H,17,21)(H,18,19)/t11-,14-/m1/s1. The number of benzene rings is 1. The van der Waals surface area contributed by atoms with E-state index in [4.69, 9.17) is 4.74 Å². The van der Waals surface area contributed by atoms with Crippen LogP contribution in [0.1, 0.15) is 38.8 Å². The second-order valence-corrected chi connectivity index (χ2v) is 4.89. The molecule has 6 heteroatoms. The molecule has 0 fully saturated rings. The molecule has 2 N–H and O–H groups in total. The normalized spacial score (nSPS) is 12.9. The molecule has 0 saturated carbocycles. The second-order valence-electron chi connectivity index (χ2n) is 4.89. The molecular formula is C16H22N2O4. The highest BCUT2D eigenvalue weighted by atomic mass is 16.5. The molecule has 120 valence electrons. The summed E-state index contributed by atoms with van der Waals surface area (Å²) in [7, 11) is 0. The molecule has 0 heterocycles. The van der Waals surface area contributed by atoms with Gasteiger partial charge in [-0.3, -0.25) is 14.4 Å². The van der Waals surface area contributed by atoms with Gasteiger partial charge in [-0.15, -0.1) is 0 Å². The minimum absolute atomic E-state index is 0.0344. The number of carbonyl (C=O) groups is 3. The lowest BCUT2D eigenvalue weighted by Crippen LogP contribution is -2.36. The molecule has 0 aliphatic carbocycles. The third-order valence-corrected chi connectivity index (χ3v) is 2.98. The van der Waals surface area contributed by atoms with Crippen LogP contribution in [0.2, 0.25) is 0 Å². The van der Waals surface area contributed by atoms with Gasteiger partial charge in [0.25, 0.3) is 5.91 Å². The molecule has 0 spiro atoms. The maximum absolute atomic E-state index is 12.0. The molecule has 0 bridgehead atoms. The number of esters is 1. The van der Waals surface area contributed by atoms with Gasteiger partial charge in [0.05, 0.1) is 12.5 Å². The van der Waals surface area contributed by atoms with E-state index in [0.717, 1.165) is 5.56 Å². The van der Waals surface area contributed by atoms with Gasteiger partial charge in [-0.25, -0.2) is 0 Å². The minimum Gasteiger partial charge on any atom is -0.452 e. The van der Waals surface area contributed by atoms with E-state index in [-0.39, 0.29) is 18.2 Å². The van der Waals surface area contributed by atoms with E-state index in [1.54, 1.807) is 6.92 Å². The zero-order valence-corrected chi connectivity index (χ0v) is 13.1. The average Bonchev–Trinajstić information content (AvgIpc) is 2.47. The summed E-state index contributed by atoms with van der Waals surface area (Å²) < 4.78 is 5.10. The molecule has 1 aromatic rings. The first-order chi connectivity index (χ1) is 10.4. The molecule has 1 rings (SSSR count). The van der Waals surface area contributed by atoms with Gasteiger partial charge in [0.15, 0.2) is 6.10 Å². The van der Waals surface area contributed by atoms with Gasteiger partial charge < -0.3 is 15.4 Å². The number of nitrogens with one attached hydrogen (secondary N) is 2. The zero-order valence-electron chi connectivity index (χ0n) is 13.1. The first-order valence-corrected chi connectivity index (χ1v) is 7.23. The number of hydrogen-bond acceptors (Lipinski definition) is 4. The van der Waals surface area contributed by atoms with Crippen LogP contribution < -0.4 is 10.6 Å². The Hall–Kier alpha value is -2.37. The fraction of sp³-hybridized carbons (Fsp3) is 0.438. The maximum Gasteiger partial charge on any atom is 0.309 e. The van der Waals surface area contributed by atoms with Crippen molar-refractivity contribution in [2.24, 2.45) is 0 Å². The van der Waals surface area contributed by atoms with Crippen LogP contribution in [0, 0.1) is 0 Å². The highest BCUT2D eigenvalue weighted by Gasteiger charge is 2.22. The van der Waals surface area contributed by atoms with Gasteiger partial charge >= 0.3 is 5.97 Å². The molecule has 1 aromatic carbocycles. The van der Waals surface area contributed by atoms with Gasteiger partial charge in [0, 0.05) is 13.5 Å². The first kappa shape index (κ1) is 17.7. The Morgan fingerprint density at radius 1 is 1.18 bits per heavy atom. The van der Waals surface area contributed by atoms with E-state index in [0.29, 0.717) is 6.54 Å². The molecule has 2 amide bonds. The highest BCUT2D eigenvalue weighted by molar-refractivity contribution is 5.83. The van der Waals surface area contributed by atoms with Crippen molar-refractivity contribution < 1.29 is 19.1 Å². The quantitative estimate of drug-likeness (QED) is 0.744. The van der Waals surface area contributed by atoms with Crippen molar-refractivity contribution in [1.82, 2.24) is 10.6 Å². The number of rotatable bonds is 7. The second kappa shape index (κ2) is 8.81. The van der Waals surface area contributed by atoms with Crippen molar-refractivity contribution in [1.29, 1.82) is 0 Å². The summed E-state index contributed by atoms with van der Waals surface area (Å²) >= 11 is 0. The van der Waals surface area contributed by atoms with Crippen LogP contribution in [0.3, 0.4) is 0 Å². The molecule has 0 aliphatic heterocycles. The Kier molecular flexibility index (Phi) is 7.08. The summed E-state index contributed by atoms with van der Waals surface area (Å²) in [4.78, 5) is 34.8. The van der Waals surface area contributed by atoms with E-state index in [9.17, 15) is 14.4 Å². The van der Waals surface area contributed by atoms with Crippen molar-refractivity contribution in [3.8, 4) is 0 Å². The Morgan fingerprint density at radius 3 is 2.36 bits per heavy atom. The molecule has 0 unspecified atom stereocenters. The van der Waals surface area contributed by atoms with Crippen LogP contribution in [0.4, 0.5) is 0 Å². The minimum atomic E-state index is -0.860. The molecule has 2 atom stereocenters. The van der Waals surface area contributed by atoms with Gasteiger partial charge in [-0.05, 0) is 19.4 Å². The smallest absolute Gasteiger partial charge is 0.309 e. The Labute approximate surface area is 130 Å². The predicted octanol–water partition coefficient (Wildman–Crippen LogP) is 1.32. The summed E-state index contributed by atoms with van der Waals surface area (Å²) in [6.07, 6.45) is -0.894. The molecule has 0 aromatic heterocycles. The molecule has 6 nitrogen and oxygen atoms in total. The van der Waals surface area contributed by atoms with Crippen LogP contribution >= 0.6 is 0 Å². The molecule has 0 aliphatic rings. The predicted molar refractivity (Wildman–Crippen MR) is 81.9 cm³/mol. The van der Waals surface area contributed by atoms with Crippen LogP contribution in [0.5, 0.6) is 0 Å². The highest BCUT2D eigenvalue weighted by Crippen LogP contribution is 2.17. The first-order valence-electron chi connectivity index (χ1n) is 7.23. The molecule has 22 heavy (non-hydrogen) atoms.